The van der Waals surface area contributed by atoms with E-state index in [9.17, 15) is 0 Å². The van der Waals surface area contributed by atoms with E-state index in [1.54, 1.807) is 0 Å². The van der Waals surface area contributed by atoms with Crippen molar-refractivity contribution in [2.24, 2.45) is 0 Å². The summed E-state index contributed by atoms with van der Waals surface area (Å²) in [6, 6.07) is 60.1. The third-order valence-corrected chi connectivity index (χ3v) is 10.9. The minimum absolute atomic E-state index is 0.00688. The molecule has 0 amide bonds. The molecule has 52 heavy (non-hydrogen) atoms. The Morgan fingerprint density at radius 2 is 1.12 bits per heavy atom. The van der Waals surface area contributed by atoms with Crippen molar-refractivity contribution in [1.82, 2.24) is 9.55 Å². The largest absolute Gasteiger partial charge is 0.355 e. The summed E-state index contributed by atoms with van der Waals surface area (Å²) in [5.41, 5.74) is 11.4. The highest BCUT2D eigenvalue weighted by molar-refractivity contribution is 6.09. The Morgan fingerprint density at radius 3 is 1.85 bits per heavy atom. The number of benzene rings is 6. The first-order valence-electron chi connectivity index (χ1n) is 18.1. The van der Waals surface area contributed by atoms with Gasteiger partial charge in [0.15, 0.2) is 0 Å². The van der Waals surface area contributed by atoms with Crippen LogP contribution in [0.2, 0.25) is 0 Å². The molecule has 3 heterocycles. The van der Waals surface area contributed by atoms with Crippen LogP contribution in [0, 0.1) is 0 Å². The summed E-state index contributed by atoms with van der Waals surface area (Å²) in [7, 11) is 2.17. The van der Waals surface area contributed by atoms with Crippen LogP contribution >= 0.6 is 0 Å². The fraction of sp³-hybridized carbons (Fsp3) is 0.146. The molecule has 1 aliphatic rings. The summed E-state index contributed by atoms with van der Waals surface area (Å²) in [4.78, 5) is 9.74. The molecule has 0 unspecified atom stereocenters. The lowest BCUT2D eigenvalue weighted by atomic mass is 9.65. The summed E-state index contributed by atoms with van der Waals surface area (Å²) >= 11 is 0. The summed E-state index contributed by atoms with van der Waals surface area (Å²) in [5, 5.41) is 2.43. The second-order valence-electron chi connectivity index (χ2n) is 15.0. The number of anilines is 3. The number of para-hydroxylation sites is 3. The molecule has 0 saturated carbocycles. The summed E-state index contributed by atoms with van der Waals surface area (Å²) in [6.07, 6.45) is 1.96. The molecule has 0 fully saturated rings. The SMILES string of the molecule is CN1CN(c2cccc(C(c3ccccc3)(c3ccccc3)c3ccc4c5ccccc5n(-c5cc(C(C)(C)C)ccn5)c4c3)c2)c2ccccc21. The maximum Gasteiger partial charge on any atom is 0.137 e. The average molecular weight is 675 g/mol. The van der Waals surface area contributed by atoms with Crippen LogP contribution in [-0.2, 0) is 10.8 Å². The predicted octanol–water partition coefficient (Wildman–Crippen LogP) is 11.4. The van der Waals surface area contributed by atoms with Crippen LogP contribution in [0.4, 0.5) is 17.1 Å². The van der Waals surface area contributed by atoms with Gasteiger partial charge in [0.05, 0.1) is 34.5 Å². The van der Waals surface area contributed by atoms with Crippen LogP contribution < -0.4 is 9.80 Å². The van der Waals surface area contributed by atoms with Gasteiger partial charge in [-0.2, -0.15) is 0 Å². The molecule has 0 saturated heterocycles. The second kappa shape index (κ2) is 12.3. The zero-order chi connectivity index (χ0) is 35.5. The van der Waals surface area contributed by atoms with Crippen molar-refractivity contribution in [3.05, 3.63) is 198 Å². The van der Waals surface area contributed by atoms with Crippen molar-refractivity contribution in [3.8, 4) is 5.82 Å². The predicted molar refractivity (Wildman–Crippen MR) is 217 cm³/mol. The first kappa shape index (κ1) is 31.8. The van der Waals surface area contributed by atoms with Crippen LogP contribution in [0.3, 0.4) is 0 Å². The number of rotatable bonds is 6. The maximum atomic E-state index is 5.00. The molecule has 6 aromatic carbocycles. The lowest BCUT2D eigenvalue weighted by Crippen LogP contribution is -2.31. The lowest BCUT2D eigenvalue weighted by Gasteiger charge is -2.37. The van der Waals surface area contributed by atoms with Crippen LogP contribution in [0.5, 0.6) is 0 Å². The van der Waals surface area contributed by atoms with Crippen molar-refractivity contribution >= 4 is 38.9 Å². The molecule has 2 aromatic heterocycles. The van der Waals surface area contributed by atoms with Gasteiger partial charge in [-0.3, -0.25) is 4.57 Å². The number of fused-ring (bicyclic) bond motifs is 4. The Kier molecular flexibility index (Phi) is 7.51. The molecule has 0 N–H and O–H groups in total. The van der Waals surface area contributed by atoms with Gasteiger partial charge in [0.1, 0.15) is 5.82 Å². The highest BCUT2D eigenvalue weighted by Crippen LogP contribution is 2.48. The molecule has 0 bridgehead atoms. The van der Waals surface area contributed by atoms with Gasteiger partial charge in [0, 0.05) is 29.7 Å². The molecule has 0 spiro atoms. The number of hydrogen-bond donors (Lipinski definition) is 0. The van der Waals surface area contributed by atoms with Gasteiger partial charge in [0.25, 0.3) is 0 Å². The minimum Gasteiger partial charge on any atom is -0.355 e. The number of hydrogen-bond acceptors (Lipinski definition) is 3. The van der Waals surface area contributed by atoms with E-state index in [4.69, 9.17) is 4.98 Å². The summed E-state index contributed by atoms with van der Waals surface area (Å²) < 4.78 is 2.36. The standard InChI is InChI=1S/C48H42N4/c1-47(2,3)36-28-29-49-46(32-36)52-42-23-12-11-22-40(42)41-27-26-38(31-45(41)52)48(34-16-7-5-8-17-34,35-18-9-6-10-19-35)37-20-15-21-39(30-37)51-33-50(4)43-24-13-14-25-44(43)51/h5-32H,33H2,1-4H3. The van der Waals surface area contributed by atoms with Crippen molar-refractivity contribution < 1.29 is 0 Å². The van der Waals surface area contributed by atoms with Gasteiger partial charge < -0.3 is 9.80 Å². The molecule has 9 rings (SSSR count). The molecular weight excluding hydrogens is 633 g/mol. The topological polar surface area (TPSA) is 24.3 Å². The first-order chi connectivity index (χ1) is 25.3. The Hall–Kier alpha value is -6.13. The maximum absolute atomic E-state index is 5.00. The highest BCUT2D eigenvalue weighted by atomic mass is 15.4. The zero-order valence-corrected chi connectivity index (χ0v) is 30.2. The Labute approximate surface area is 306 Å². The van der Waals surface area contributed by atoms with Crippen molar-refractivity contribution in [2.75, 3.05) is 23.5 Å². The summed E-state index contributed by atoms with van der Waals surface area (Å²) in [6.45, 7) is 7.57. The van der Waals surface area contributed by atoms with Crippen molar-refractivity contribution in [2.45, 2.75) is 31.6 Å². The molecule has 0 radical (unpaired) electrons. The molecule has 4 heteroatoms. The van der Waals surface area contributed by atoms with Gasteiger partial charge >= 0.3 is 0 Å². The van der Waals surface area contributed by atoms with Crippen molar-refractivity contribution in [1.29, 1.82) is 0 Å². The van der Waals surface area contributed by atoms with Gasteiger partial charge in [-0.05, 0) is 81.8 Å². The fourth-order valence-corrected chi connectivity index (χ4v) is 8.34. The van der Waals surface area contributed by atoms with Crippen LogP contribution in [-0.4, -0.2) is 23.3 Å². The van der Waals surface area contributed by atoms with Gasteiger partial charge in [-0.25, -0.2) is 4.98 Å². The van der Waals surface area contributed by atoms with Crippen LogP contribution in [0.1, 0.15) is 48.6 Å². The molecular formula is C48H42N4. The molecule has 0 atom stereocenters. The second-order valence-corrected chi connectivity index (χ2v) is 15.0. The lowest BCUT2D eigenvalue weighted by molar-refractivity contribution is 0.588. The van der Waals surface area contributed by atoms with E-state index in [0.29, 0.717) is 0 Å². The number of nitrogens with zero attached hydrogens (tertiary/aromatic N) is 4. The smallest absolute Gasteiger partial charge is 0.137 e. The quantitative estimate of drug-likeness (QED) is 0.164. The van der Waals surface area contributed by atoms with Crippen LogP contribution in [0.15, 0.2) is 170 Å². The molecule has 254 valence electrons. The van der Waals surface area contributed by atoms with E-state index in [-0.39, 0.29) is 5.41 Å². The molecule has 8 aromatic rings. The third kappa shape index (κ3) is 5.01. The van der Waals surface area contributed by atoms with Crippen LogP contribution in [0.25, 0.3) is 27.6 Å². The first-order valence-corrected chi connectivity index (χ1v) is 18.1. The van der Waals surface area contributed by atoms with Gasteiger partial charge in [-0.15, -0.1) is 0 Å². The van der Waals surface area contributed by atoms with E-state index in [2.05, 4.69) is 206 Å². The molecule has 0 aliphatic carbocycles. The average Bonchev–Trinajstić information content (AvgIpc) is 3.70. The highest BCUT2D eigenvalue weighted by Gasteiger charge is 2.39. The molecule has 1 aliphatic heterocycles. The zero-order valence-electron chi connectivity index (χ0n) is 30.2. The van der Waals surface area contributed by atoms with E-state index < -0.39 is 5.41 Å². The Morgan fingerprint density at radius 1 is 0.500 bits per heavy atom. The number of aromatic nitrogens is 2. The monoisotopic (exact) mass is 674 g/mol. The fourth-order valence-electron chi connectivity index (χ4n) is 8.34. The normalized spacial score (nSPS) is 13.2. The third-order valence-electron chi connectivity index (χ3n) is 10.9. The van der Waals surface area contributed by atoms with Gasteiger partial charge in [-0.1, -0.05) is 136 Å². The van der Waals surface area contributed by atoms with E-state index >= 15 is 0 Å². The molecule has 4 nitrogen and oxygen atoms in total. The van der Waals surface area contributed by atoms with E-state index in [0.717, 1.165) is 23.5 Å². The summed E-state index contributed by atoms with van der Waals surface area (Å²) in [5.74, 6) is 0.930. The minimum atomic E-state index is -0.625. The van der Waals surface area contributed by atoms with Crippen molar-refractivity contribution in [3.63, 3.8) is 0 Å². The van der Waals surface area contributed by atoms with Gasteiger partial charge in [0.2, 0.25) is 0 Å². The van der Waals surface area contributed by atoms with E-state index in [1.165, 1.54) is 55.7 Å². The Bertz CT molecular complexity index is 2520. The van der Waals surface area contributed by atoms with E-state index in [1.807, 2.05) is 6.20 Å². The number of pyridine rings is 1. The Balaban J connectivity index is 1.35.